The molecule has 0 bridgehead atoms. The molecule has 0 radical (unpaired) electrons. The summed E-state index contributed by atoms with van der Waals surface area (Å²) in [5.41, 5.74) is 2.26. The molecule has 21 heavy (non-hydrogen) atoms. The van der Waals surface area contributed by atoms with E-state index in [4.69, 9.17) is 23.2 Å². The average Bonchev–Trinajstić information content (AvgIpc) is 2.84. The second kappa shape index (κ2) is 5.66. The molecule has 108 valence electrons. The van der Waals surface area contributed by atoms with Crippen LogP contribution in [0.15, 0.2) is 42.5 Å². The van der Waals surface area contributed by atoms with Gasteiger partial charge in [0, 0.05) is 10.6 Å². The maximum Gasteiger partial charge on any atom is 0.128 e. The summed E-state index contributed by atoms with van der Waals surface area (Å²) in [6.45, 7) is 1.93. The van der Waals surface area contributed by atoms with Crippen LogP contribution in [-0.4, -0.2) is 9.55 Å². The van der Waals surface area contributed by atoms with Gasteiger partial charge in [0.1, 0.15) is 11.6 Å². The third kappa shape index (κ3) is 2.52. The lowest BCUT2D eigenvalue weighted by atomic mass is 10.1. The zero-order valence-corrected chi connectivity index (χ0v) is 12.9. The second-order valence-electron chi connectivity index (χ2n) is 4.86. The summed E-state index contributed by atoms with van der Waals surface area (Å²) >= 11 is 12.1. The molecule has 1 heterocycles. The van der Waals surface area contributed by atoms with Crippen LogP contribution < -0.4 is 0 Å². The first-order valence-corrected chi connectivity index (χ1v) is 7.50. The predicted molar refractivity (Wildman–Crippen MR) is 84.5 cm³/mol. The highest BCUT2D eigenvalue weighted by Gasteiger charge is 2.19. The van der Waals surface area contributed by atoms with Crippen molar-refractivity contribution in [2.45, 2.75) is 18.8 Å². The van der Waals surface area contributed by atoms with Crippen LogP contribution in [0.1, 0.15) is 24.4 Å². The van der Waals surface area contributed by atoms with Crippen LogP contribution in [0.5, 0.6) is 0 Å². The van der Waals surface area contributed by atoms with E-state index < -0.39 is 0 Å². The number of nitrogens with zero attached hydrogens (tertiary/aromatic N) is 2. The maximum atomic E-state index is 14.1. The van der Waals surface area contributed by atoms with Crippen molar-refractivity contribution in [1.29, 1.82) is 0 Å². The first-order chi connectivity index (χ1) is 10.1. The lowest BCUT2D eigenvalue weighted by molar-refractivity contribution is 0.556. The summed E-state index contributed by atoms with van der Waals surface area (Å²) in [6.07, 6.45) is 0. The Hall–Kier alpha value is -1.58. The van der Waals surface area contributed by atoms with Gasteiger partial charge in [0.2, 0.25) is 0 Å². The number of aromatic nitrogens is 2. The molecule has 3 aromatic rings. The number of rotatable bonds is 3. The van der Waals surface area contributed by atoms with Crippen molar-refractivity contribution >= 4 is 34.2 Å². The van der Waals surface area contributed by atoms with E-state index in [1.807, 2.05) is 29.7 Å². The van der Waals surface area contributed by atoms with Crippen molar-refractivity contribution in [2.75, 3.05) is 0 Å². The SMILES string of the molecule is CC(c1ccccc1F)n1c(CCl)nc2ccc(Cl)cc21. The number of fused-ring (bicyclic) bond motifs is 1. The minimum atomic E-state index is -0.241. The van der Waals surface area contributed by atoms with Crippen LogP contribution in [0.3, 0.4) is 0 Å². The molecule has 0 N–H and O–H groups in total. The highest BCUT2D eigenvalue weighted by molar-refractivity contribution is 6.31. The fourth-order valence-corrected chi connectivity index (χ4v) is 2.95. The number of hydrogen-bond donors (Lipinski definition) is 0. The van der Waals surface area contributed by atoms with E-state index in [1.54, 1.807) is 18.2 Å². The first-order valence-electron chi connectivity index (χ1n) is 6.58. The minimum absolute atomic E-state index is 0.219. The molecular formula is C16H13Cl2FN2. The summed E-state index contributed by atoms with van der Waals surface area (Å²) in [6, 6.07) is 12.0. The molecule has 1 unspecified atom stereocenters. The van der Waals surface area contributed by atoms with Gasteiger partial charge in [0.25, 0.3) is 0 Å². The lowest BCUT2D eigenvalue weighted by Gasteiger charge is -2.18. The standard InChI is InChI=1S/C16H13Cl2FN2/c1-10(12-4-2-3-5-13(12)19)21-15-8-11(18)6-7-14(15)20-16(21)9-17/h2-8,10H,9H2,1H3. The van der Waals surface area contributed by atoms with Gasteiger partial charge in [-0.3, -0.25) is 0 Å². The Kier molecular flexibility index (Phi) is 3.87. The molecule has 2 aromatic carbocycles. The van der Waals surface area contributed by atoms with Gasteiger partial charge in [0.15, 0.2) is 0 Å². The highest BCUT2D eigenvalue weighted by Crippen LogP contribution is 2.29. The fraction of sp³-hybridized carbons (Fsp3) is 0.188. The molecule has 0 aliphatic rings. The minimum Gasteiger partial charge on any atom is -0.319 e. The van der Waals surface area contributed by atoms with Crippen molar-refractivity contribution in [2.24, 2.45) is 0 Å². The molecule has 3 rings (SSSR count). The highest BCUT2D eigenvalue weighted by atomic mass is 35.5. The van der Waals surface area contributed by atoms with Gasteiger partial charge < -0.3 is 4.57 Å². The Bertz CT molecular complexity index is 798. The molecule has 0 saturated carbocycles. The zero-order valence-electron chi connectivity index (χ0n) is 11.4. The normalized spacial score (nSPS) is 12.8. The molecule has 0 fully saturated rings. The number of benzene rings is 2. The van der Waals surface area contributed by atoms with Gasteiger partial charge in [-0.05, 0) is 31.2 Å². The quantitative estimate of drug-likeness (QED) is 0.608. The Morgan fingerprint density at radius 2 is 2.00 bits per heavy atom. The van der Waals surface area contributed by atoms with E-state index >= 15 is 0 Å². The van der Waals surface area contributed by atoms with Crippen molar-refractivity contribution < 1.29 is 4.39 Å². The van der Waals surface area contributed by atoms with Gasteiger partial charge in [-0.1, -0.05) is 29.8 Å². The topological polar surface area (TPSA) is 17.8 Å². The van der Waals surface area contributed by atoms with Crippen molar-refractivity contribution in [3.05, 3.63) is 64.7 Å². The molecule has 1 aromatic heterocycles. The molecule has 0 saturated heterocycles. The molecule has 0 spiro atoms. The zero-order chi connectivity index (χ0) is 15.0. The van der Waals surface area contributed by atoms with Gasteiger partial charge >= 0.3 is 0 Å². The van der Waals surface area contributed by atoms with Crippen LogP contribution in [0.25, 0.3) is 11.0 Å². The summed E-state index contributed by atoms with van der Waals surface area (Å²) < 4.78 is 16.0. The molecule has 1 atom stereocenters. The molecule has 0 amide bonds. The van der Waals surface area contributed by atoms with E-state index in [1.165, 1.54) is 6.07 Å². The lowest BCUT2D eigenvalue weighted by Crippen LogP contribution is -2.11. The predicted octanol–water partition coefficient (Wildman–Crippen LogP) is 5.18. The third-order valence-corrected chi connectivity index (χ3v) is 4.06. The number of alkyl halides is 1. The summed E-state index contributed by atoms with van der Waals surface area (Å²) in [5, 5.41) is 0.616. The number of hydrogen-bond acceptors (Lipinski definition) is 1. The van der Waals surface area contributed by atoms with Crippen LogP contribution in [0.4, 0.5) is 4.39 Å². The Labute approximate surface area is 132 Å². The Morgan fingerprint density at radius 1 is 1.24 bits per heavy atom. The summed E-state index contributed by atoms with van der Waals surface area (Å²) in [4.78, 5) is 4.50. The summed E-state index contributed by atoms with van der Waals surface area (Å²) in [7, 11) is 0. The van der Waals surface area contributed by atoms with Crippen LogP contribution in [-0.2, 0) is 5.88 Å². The van der Waals surface area contributed by atoms with E-state index in [9.17, 15) is 4.39 Å². The van der Waals surface area contributed by atoms with Gasteiger partial charge in [-0.2, -0.15) is 0 Å². The molecular weight excluding hydrogens is 310 g/mol. The van der Waals surface area contributed by atoms with Gasteiger partial charge in [-0.15, -0.1) is 11.6 Å². The van der Waals surface area contributed by atoms with Gasteiger partial charge in [0.05, 0.1) is 23.0 Å². The van der Waals surface area contributed by atoms with E-state index in [0.29, 0.717) is 16.4 Å². The van der Waals surface area contributed by atoms with Crippen LogP contribution in [0, 0.1) is 5.82 Å². The van der Waals surface area contributed by atoms with E-state index in [2.05, 4.69) is 4.98 Å². The number of halogens is 3. The monoisotopic (exact) mass is 322 g/mol. The summed E-state index contributed by atoms with van der Waals surface area (Å²) in [5.74, 6) is 0.713. The molecule has 0 aliphatic carbocycles. The van der Waals surface area contributed by atoms with Crippen molar-refractivity contribution in [1.82, 2.24) is 9.55 Å². The first kappa shape index (κ1) is 14.4. The fourth-order valence-electron chi connectivity index (χ4n) is 2.60. The Morgan fingerprint density at radius 3 is 2.71 bits per heavy atom. The van der Waals surface area contributed by atoms with Crippen molar-refractivity contribution in [3.63, 3.8) is 0 Å². The van der Waals surface area contributed by atoms with E-state index in [0.717, 1.165) is 11.0 Å². The van der Waals surface area contributed by atoms with Crippen molar-refractivity contribution in [3.8, 4) is 0 Å². The average molecular weight is 323 g/mol. The molecule has 0 aliphatic heterocycles. The van der Waals surface area contributed by atoms with Gasteiger partial charge in [-0.25, -0.2) is 9.37 Å². The van der Waals surface area contributed by atoms with Crippen LogP contribution in [0.2, 0.25) is 5.02 Å². The smallest absolute Gasteiger partial charge is 0.128 e. The number of imidazole rings is 1. The third-order valence-electron chi connectivity index (χ3n) is 3.59. The Balaban J connectivity index is 2.23. The maximum absolute atomic E-state index is 14.1. The second-order valence-corrected chi connectivity index (χ2v) is 5.57. The van der Waals surface area contributed by atoms with Crippen LogP contribution >= 0.6 is 23.2 Å². The van der Waals surface area contributed by atoms with E-state index in [-0.39, 0.29) is 17.7 Å². The largest absolute Gasteiger partial charge is 0.319 e. The molecule has 2 nitrogen and oxygen atoms in total. The molecule has 5 heteroatoms.